The van der Waals surface area contributed by atoms with Crippen LogP contribution in [0, 0.1) is 0 Å². The lowest BCUT2D eigenvalue weighted by Gasteiger charge is -2.07. The minimum Gasteiger partial charge on any atom is -0.480 e. The summed E-state index contributed by atoms with van der Waals surface area (Å²) in [6.45, 7) is 2.20. The average molecular weight is 256 g/mol. The van der Waals surface area contributed by atoms with E-state index in [0.29, 0.717) is 13.2 Å². The number of carbonyl (C=O) groups is 1. The number of rotatable bonds is 7. The molecule has 0 amide bonds. The molecule has 1 N–H and O–H groups in total. The summed E-state index contributed by atoms with van der Waals surface area (Å²) in [6.07, 6.45) is 0. The third-order valence-corrected chi connectivity index (χ3v) is 3.84. The summed E-state index contributed by atoms with van der Waals surface area (Å²) in [7, 11) is -1.38. The van der Waals surface area contributed by atoms with Crippen molar-refractivity contribution in [2.45, 2.75) is 18.8 Å². The van der Waals surface area contributed by atoms with Crippen molar-refractivity contribution in [2.24, 2.45) is 0 Å². The maximum atomic E-state index is 11.4. The Morgan fingerprint density at radius 1 is 1.41 bits per heavy atom. The van der Waals surface area contributed by atoms with Crippen LogP contribution in [-0.4, -0.2) is 32.9 Å². The molecule has 1 aromatic rings. The summed E-state index contributed by atoms with van der Waals surface area (Å²) in [4.78, 5) is 10.6. The van der Waals surface area contributed by atoms with Crippen LogP contribution in [0.5, 0.6) is 0 Å². The van der Waals surface area contributed by atoms with Crippen molar-refractivity contribution in [2.75, 3.05) is 12.4 Å². The second-order valence-electron chi connectivity index (χ2n) is 3.60. The normalized spacial score (nSPS) is 14.2. The number of ether oxygens (including phenoxy) is 1. The zero-order chi connectivity index (χ0) is 12.7. The SMILES string of the molecule is CC(C(=O)O)S(=O)CCOCc1ccccc1. The van der Waals surface area contributed by atoms with Gasteiger partial charge in [-0.05, 0) is 12.5 Å². The van der Waals surface area contributed by atoms with Crippen LogP contribution in [-0.2, 0) is 26.9 Å². The molecule has 4 nitrogen and oxygen atoms in total. The highest BCUT2D eigenvalue weighted by molar-refractivity contribution is 7.86. The van der Waals surface area contributed by atoms with E-state index in [0.717, 1.165) is 5.56 Å². The highest BCUT2D eigenvalue weighted by atomic mass is 32.2. The van der Waals surface area contributed by atoms with Crippen molar-refractivity contribution in [3.63, 3.8) is 0 Å². The van der Waals surface area contributed by atoms with Gasteiger partial charge in [0.25, 0.3) is 0 Å². The quantitative estimate of drug-likeness (QED) is 0.749. The van der Waals surface area contributed by atoms with Crippen LogP contribution in [0.1, 0.15) is 12.5 Å². The van der Waals surface area contributed by atoms with Crippen molar-refractivity contribution in [3.8, 4) is 0 Å². The molecule has 0 saturated carbocycles. The van der Waals surface area contributed by atoms with E-state index in [4.69, 9.17) is 9.84 Å². The van der Waals surface area contributed by atoms with E-state index in [1.807, 2.05) is 30.3 Å². The Bertz CT molecular complexity index is 377. The minimum absolute atomic E-state index is 0.250. The predicted molar refractivity (Wildman–Crippen MR) is 66.2 cm³/mol. The van der Waals surface area contributed by atoms with Gasteiger partial charge < -0.3 is 9.84 Å². The molecular weight excluding hydrogens is 240 g/mol. The van der Waals surface area contributed by atoms with E-state index >= 15 is 0 Å². The van der Waals surface area contributed by atoms with Crippen LogP contribution in [0.15, 0.2) is 30.3 Å². The second-order valence-corrected chi connectivity index (χ2v) is 5.48. The van der Waals surface area contributed by atoms with Gasteiger partial charge >= 0.3 is 5.97 Å². The minimum atomic E-state index is -1.38. The van der Waals surface area contributed by atoms with Gasteiger partial charge in [0.05, 0.1) is 13.2 Å². The van der Waals surface area contributed by atoms with Gasteiger partial charge in [-0.15, -0.1) is 0 Å². The molecular formula is C12H16O4S. The lowest BCUT2D eigenvalue weighted by Crippen LogP contribution is -2.25. The van der Waals surface area contributed by atoms with Crippen molar-refractivity contribution in [3.05, 3.63) is 35.9 Å². The van der Waals surface area contributed by atoms with Gasteiger partial charge in [0, 0.05) is 16.6 Å². The first kappa shape index (κ1) is 13.9. The molecule has 17 heavy (non-hydrogen) atoms. The monoisotopic (exact) mass is 256 g/mol. The Balaban J connectivity index is 2.21. The third-order valence-electron chi connectivity index (χ3n) is 2.28. The molecule has 0 aliphatic rings. The Morgan fingerprint density at radius 3 is 2.65 bits per heavy atom. The Labute approximate surface area is 103 Å². The van der Waals surface area contributed by atoms with Crippen LogP contribution < -0.4 is 0 Å². The van der Waals surface area contributed by atoms with Crippen molar-refractivity contribution in [1.82, 2.24) is 0 Å². The van der Waals surface area contributed by atoms with Gasteiger partial charge in [0.2, 0.25) is 0 Å². The largest absolute Gasteiger partial charge is 0.480 e. The predicted octanol–water partition coefficient (Wildman–Crippen LogP) is 1.42. The summed E-state index contributed by atoms with van der Waals surface area (Å²) in [6, 6.07) is 9.65. The molecule has 2 atom stereocenters. The summed E-state index contributed by atoms with van der Waals surface area (Å²) in [5, 5.41) is 7.82. The first-order valence-corrected chi connectivity index (χ1v) is 6.71. The summed E-state index contributed by atoms with van der Waals surface area (Å²) in [5.74, 6) is -0.785. The first-order chi connectivity index (χ1) is 8.11. The molecule has 5 heteroatoms. The molecule has 0 aliphatic heterocycles. The molecule has 0 saturated heterocycles. The fourth-order valence-corrected chi connectivity index (χ4v) is 2.06. The fourth-order valence-electron chi connectivity index (χ4n) is 1.19. The van der Waals surface area contributed by atoms with Crippen molar-refractivity contribution < 1.29 is 18.8 Å². The summed E-state index contributed by atoms with van der Waals surface area (Å²) >= 11 is 0. The lowest BCUT2D eigenvalue weighted by atomic mass is 10.2. The second kappa shape index (κ2) is 7.19. The maximum absolute atomic E-state index is 11.4. The molecule has 0 fully saturated rings. The molecule has 0 aliphatic carbocycles. The highest BCUT2D eigenvalue weighted by Crippen LogP contribution is 2.01. The van der Waals surface area contributed by atoms with Gasteiger partial charge in [0.1, 0.15) is 5.25 Å². The molecule has 0 radical (unpaired) electrons. The van der Waals surface area contributed by atoms with Crippen LogP contribution in [0.4, 0.5) is 0 Å². The van der Waals surface area contributed by atoms with Gasteiger partial charge in [0.15, 0.2) is 0 Å². The van der Waals surface area contributed by atoms with E-state index in [1.54, 1.807) is 0 Å². The lowest BCUT2D eigenvalue weighted by molar-refractivity contribution is -0.136. The molecule has 2 unspecified atom stereocenters. The Hall–Kier alpha value is -1.20. The van der Waals surface area contributed by atoms with E-state index < -0.39 is 22.0 Å². The molecule has 0 aromatic heterocycles. The van der Waals surface area contributed by atoms with Crippen molar-refractivity contribution >= 4 is 16.8 Å². The van der Waals surface area contributed by atoms with Crippen LogP contribution in [0.25, 0.3) is 0 Å². The van der Waals surface area contributed by atoms with E-state index in [-0.39, 0.29) is 5.75 Å². The van der Waals surface area contributed by atoms with Gasteiger partial charge in [-0.2, -0.15) is 0 Å². The van der Waals surface area contributed by atoms with E-state index in [2.05, 4.69) is 0 Å². The van der Waals surface area contributed by atoms with Gasteiger partial charge in [-0.25, -0.2) is 0 Å². The number of hydrogen-bond acceptors (Lipinski definition) is 3. The van der Waals surface area contributed by atoms with Crippen LogP contribution >= 0.6 is 0 Å². The number of aliphatic carboxylic acids is 1. The standard InChI is InChI=1S/C12H16O4S/c1-10(12(13)14)17(15)8-7-16-9-11-5-3-2-4-6-11/h2-6,10H,7-9H2,1H3,(H,13,14). The van der Waals surface area contributed by atoms with Gasteiger partial charge in [-0.3, -0.25) is 9.00 Å². The van der Waals surface area contributed by atoms with Crippen LogP contribution in [0.3, 0.4) is 0 Å². The summed E-state index contributed by atoms with van der Waals surface area (Å²) in [5.41, 5.74) is 1.05. The molecule has 94 valence electrons. The van der Waals surface area contributed by atoms with E-state index in [9.17, 15) is 9.00 Å². The first-order valence-electron chi connectivity index (χ1n) is 5.33. The number of benzene rings is 1. The number of carboxylic acid groups (broad SMARTS) is 1. The molecule has 1 aromatic carbocycles. The number of carboxylic acids is 1. The number of hydrogen-bond donors (Lipinski definition) is 1. The third kappa shape index (κ3) is 5.10. The molecule has 1 rings (SSSR count). The zero-order valence-electron chi connectivity index (χ0n) is 9.67. The Kier molecular flexibility index (Phi) is 5.86. The Morgan fingerprint density at radius 2 is 2.06 bits per heavy atom. The molecule has 0 heterocycles. The van der Waals surface area contributed by atoms with Gasteiger partial charge in [-0.1, -0.05) is 30.3 Å². The average Bonchev–Trinajstić information content (AvgIpc) is 2.34. The van der Waals surface area contributed by atoms with E-state index in [1.165, 1.54) is 6.92 Å². The highest BCUT2D eigenvalue weighted by Gasteiger charge is 2.18. The molecule has 0 bridgehead atoms. The topological polar surface area (TPSA) is 63.6 Å². The summed E-state index contributed by atoms with van der Waals surface area (Å²) < 4.78 is 16.8. The smallest absolute Gasteiger partial charge is 0.318 e. The van der Waals surface area contributed by atoms with Crippen LogP contribution in [0.2, 0.25) is 0 Å². The maximum Gasteiger partial charge on any atom is 0.318 e. The zero-order valence-corrected chi connectivity index (χ0v) is 10.5. The fraction of sp³-hybridized carbons (Fsp3) is 0.417. The molecule has 0 spiro atoms. The van der Waals surface area contributed by atoms with Crippen molar-refractivity contribution in [1.29, 1.82) is 0 Å².